The van der Waals surface area contributed by atoms with Crippen LogP contribution in [0.25, 0.3) is 0 Å². The maximum Gasteiger partial charge on any atom is 0.417 e. The van der Waals surface area contributed by atoms with Crippen molar-refractivity contribution < 1.29 is 37.7 Å². The fraction of sp³-hybridized carbons (Fsp3) is 0.500. The van der Waals surface area contributed by atoms with Crippen molar-refractivity contribution in [2.45, 2.75) is 30.4 Å². The van der Waals surface area contributed by atoms with Gasteiger partial charge in [-0.3, -0.25) is 4.90 Å². The zero-order valence-electron chi connectivity index (χ0n) is 13.1. The minimum atomic E-state index is -4.36. The third-order valence-electron chi connectivity index (χ3n) is 3.37. The van der Waals surface area contributed by atoms with Gasteiger partial charge in [-0.1, -0.05) is 15.9 Å². The predicted octanol–water partition coefficient (Wildman–Crippen LogP) is 3.22. The van der Waals surface area contributed by atoms with Crippen LogP contribution in [-0.4, -0.2) is 51.9 Å². The van der Waals surface area contributed by atoms with Crippen molar-refractivity contribution in [3.05, 3.63) is 23.4 Å². The molecule has 0 spiro atoms. The average Bonchev–Trinajstić information content (AvgIpc) is 3.04. The number of rotatable bonds is 3. The first-order valence-electron chi connectivity index (χ1n) is 7.00. The van der Waals surface area contributed by atoms with Gasteiger partial charge in [-0.2, -0.15) is 13.2 Å². The van der Waals surface area contributed by atoms with E-state index in [9.17, 15) is 22.8 Å². The molecule has 1 amide bonds. The van der Waals surface area contributed by atoms with Crippen LogP contribution in [0.3, 0.4) is 0 Å². The number of aliphatic carboxylic acids is 1. The molecule has 11 heteroatoms. The first kappa shape index (κ1) is 21.0. The second-order valence-corrected chi connectivity index (χ2v) is 5.56. The third-order valence-corrected chi connectivity index (χ3v) is 3.98. The van der Waals surface area contributed by atoms with Gasteiger partial charge in [-0.25, -0.2) is 14.6 Å². The number of hydrogen-bond acceptors (Lipinski definition) is 4. The summed E-state index contributed by atoms with van der Waals surface area (Å²) < 4.78 is 41.5. The summed E-state index contributed by atoms with van der Waals surface area (Å²) in [7, 11) is 1.36. The van der Waals surface area contributed by atoms with Gasteiger partial charge in [0.05, 0.1) is 12.7 Å². The van der Waals surface area contributed by atoms with Gasteiger partial charge in [0.1, 0.15) is 6.04 Å². The Bertz CT molecular complexity index is 607. The maximum atomic E-state index is 12.2. The summed E-state index contributed by atoms with van der Waals surface area (Å²) in [5, 5.41) is 17.3. The van der Waals surface area contributed by atoms with Gasteiger partial charge in [0, 0.05) is 23.6 Å². The Morgan fingerprint density at radius 1 is 1.44 bits per heavy atom. The fourth-order valence-corrected chi connectivity index (χ4v) is 2.59. The number of carboxylic acid groups (broad SMARTS) is 2. The number of alkyl halides is 4. The highest BCUT2D eigenvalue weighted by Crippen LogP contribution is 2.31. The average molecular weight is 429 g/mol. The van der Waals surface area contributed by atoms with Gasteiger partial charge in [0.2, 0.25) is 5.88 Å². The highest BCUT2D eigenvalue weighted by molar-refractivity contribution is 9.08. The summed E-state index contributed by atoms with van der Waals surface area (Å²) in [5.41, 5.74) is -0.393. The largest absolute Gasteiger partial charge is 0.481 e. The summed E-state index contributed by atoms with van der Waals surface area (Å²) in [6.45, 7) is 0.340. The van der Waals surface area contributed by atoms with Crippen molar-refractivity contribution >= 4 is 28.0 Å². The van der Waals surface area contributed by atoms with E-state index < -0.39 is 29.8 Å². The summed E-state index contributed by atoms with van der Waals surface area (Å²) in [4.78, 5) is 25.3. The molecule has 1 fully saturated rings. The lowest BCUT2D eigenvalue weighted by molar-refractivity contribution is -0.141. The summed E-state index contributed by atoms with van der Waals surface area (Å²) in [5.74, 6) is -0.847. The molecule has 2 N–H and O–H groups in total. The normalized spacial score (nSPS) is 16.8. The molecule has 2 heterocycles. The molecular formula is C14H16BrF3N2O5. The van der Waals surface area contributed by atoms with Crippen LogP contribution in [0.4, 0.5) is 18.0 Å². The van der Waals surface area contributed by atoms with Crippen LogP contribution < -0.4 is 4.74 Å². The topological polar surface area (TPSA) is 100.0 Å². The molecule has 25 heavy (non-hydrogen) atoms. The quantitative estimate of drug-likeness (QED) is 0.716. The molecule has 0 saturated carbocycles. The molecule has 1 aliphatic rings. The van der Waals surface area contributed by atoms with E-state index in [1.807, 2.05) is 0 Å². The van der Waals surface area contributed by atoms with E-state index in [1.165, 1.54) is 7.11 Å². The van der Waals surface area contributed by atoms with Crippen LogP contribution in [0.2, 0.25) is 0 Å². The van der Waals surface area contributed by atoms with Crippen molar-refractivity contribution in [3.8, 4) is 5.88 Å². The van der Waals surface area contributed by atoms with E-state index >= 15 is 0 Å². The van der Waals surface area contributed by atoms with Crippen molar-refractivity contribution in [1.29, 1.82) is 0 Å². The molecule has 1 aromatic heterocycles. The van der Waals surface area contributed by atoms with Crippen LogP contribution in [0.1, 0.15) is 24.0 Å². The molecule has 1 atom stereocenters. The van der Waals surface area contributed by atoms with Gasteiger partial charge < -0.3 is 14.9 Å². The summed E-state index contributed by atoms with van der Waals surface area (Å²) in [6.07, 6.45) is -3.68. The standard InChI is InChI=1S/C8H7BrF3NO.C6H9NO4/c1-14-7-5(3-9)2-6(4-13-7)8(10,11)12;8-5(9)4-2-1-3-7(4)6(10)11/h2,4H,3H2,1H3;4H,1-3H2,(H,8,9)(H,10,11). The number of halogens is 4. The predicted molar refractivity (Wildman–Crippen MR) is 83.8 cm³/mol. The van der Waals surface area contributed by atoms with Crippen LogP contribution >= 0.6 is 15.9 Å². The van der Waals surface area contributed by atoms with Gasteiger partial charge >= 0.3 is 18.2 Å². The van der Waals surface area contributed by atoms with Crippen LogP contribution in [-0.2, 0) is 16.3 Å². The van der Waals surface area contributed by atoms with E-state index in [0.29, 0.717) is 24.9 Å². The molecule has 1 aromatic rings. The minimum absolute atomic E-state index is 0.204. The number of amides is 1. The lowest BCUT2D eigenvalue weighted by Gasteiger charge is -2.16. The Hall–Kier alpha value is -2.04. The van der Waals surface area contributed by atoms with Gasteiger partial charge in [0.15, 0.2) is 0 Å². The fourth-order valence-electron chi connectivity index (χ4n) is 2.18. The Kier molecular flexibility index (Phi) is 7.46. The van der Waals surface area contributed by atoms with Crippen LogP contribution in [0.5, 0.6) is 5.88 Å². The van der Waals surface area contributed by atoms with Crippen molar-refractivity contribution in [3.63, 3.8) is 0 Å². The Labute approximate surface area is 149 Å². The number of aromatic nitrogens is 1. The highest BCUT2D eigenvalue weighted by Gasteiger charge is 2.33. The van der Waals surface area contributed by atoms with E-state index in [0.717, 1.165) is 17.2 Å². The number of ether oxygens (including phenoxy) is 1. The minimum Gasteiger partial charge on any atom is -0.481 e. The van der Waals surface area contributed by atoms with E-state index in [-0.39, 0.29) is 11.2 Å². The number of pyridine rings is 1. The lowest BCUT2D eigenvalue weighted by atomic mass is 10.2. The number of carboxylic acids is 1. The lowest BCUT2D eigenvalue weighted by Crippen LogP contribution is -2.39. The molecule has 0 radical (unpaired) electrons. The number of carbonyl (C=O) groups is 2. The molecule has 1 unspecified atom stereocenters. The maximum absolute atomic E-state index is 12.2. The van der Waals surface area contributed by atoms with E-state index in [4.69, 9.17) is 14.9 Å². The molecular weight excluding hydrogens is 413 g/mol. The van der Waals surface area contributed by atoms with Crippen molar-refractivity contribution in [2.24, 2.45) is 0 Å². The Balaban J connectivity index is 0.000000257. The SMILES string of the molecule is COc1ncc(C(F)(F)F)cc1CBr.O=C(O)C1CCCN1C(=O)O. The second kappa shape index (κ2) is 8.88. The molecule has 140 valence electrons. The molecule has 0 aliphatic carbocycles. The molecule has 1 aliphatic heterocycles. The molecule has 0 bridgehead atoms. The van der Waals surface area contributed by atoms with Crippen molar-refractivity contribution in [2.75, 3.05) is 13.7 Å². The summed E-state index contributed by atoms with van der Waals surface area (Å²) >= 11 is 3.06. The highest BCUT2D eigenvalue weighted by atomic mass is 79.9. The van der Waals surface area contributed by atoms with E-state index in [2.05, 4.69) is 20.9 Å². The molecule has 1 saturated heterocycles. The molecule has 7 nitrogen and oxygen atoms in total. The third kappa shape index (κ3) is 5.76. The zero-order chi connectivity index (χ0) is 19.2. The number of hydrogen-bond donors (Lipinski definition) is 2. The van der Waals surface area contributed by atoms with Gasteiger partial charge in [-0.05, 0) is 18.9 Å². The zero-order valence-corrected chi connectivity index (χ0v) is 14.7. The Morgan fingerprint density at radius 2 is 2.08 bits per heavy atom. The van der Waals surface area contributed by atoms with Gasteiger partial charge in [0.25, 0.3) is 0 Å². The number of methoxy groups -OCH3 is 1. The molecule has 0 aromatic carbocycles. The van der Waals surface area contributed by atoms with Crippen molar-refractivity contribution in [1.82, 2.24) is 9.88 Å². The summed E-state index contributed by atoms with van der Waals surface area (Å²) in [6, 6.07) is 0.188. The smallest absolute Gasteiger partial charge is 0.417 e. The monoisotopic (exact) mass is 428 g/mol. The number of nitrogens with zero attached hydrogens (tertiary/aromatic N) is 2. The Morgan fingerprint density at radius 3 is 2.48 bits per heavy atom. The first-order chi connectivity index (χ1) is 11.6. The second-order valence-electron chi connectivity index (χ2n) is 5.00. The van der Waals surface area contributed by atoms with Crippen LogP contribution in [0.15, 0.2) is 12.3 Å². The van der Waals surface area contributed by atoms with E-state index in [1.54, 1.807) is 0 Å². The number of likely N-dealkylation sites (tertiary alicyclic amines) is 1. The van der Waals surface area contributed by atoms with Gasteiger partial charge in [-0.15, -0.1) is 0 Å². The molecule has 2 rings (SSSR count). The van der Waals surface area contributed by atoms with Crippen LogP contribution in [0, 0.1) is 0 Å². The first-order valence-corrected chi connectivity index (χ1v) is 8.12.